The zero-order chi connectivity index (χ0) is 9.68. The molecule has 1 aromatic rings. The van der Waals surface area contributed by atoms with E-state index in [0.717, 1.165) is 17.9 Å². The van der Waals surface area contributed by atoms with E-state index in [-0.39, 0.29) is 6.61 Å². The molecule has 2 heteroatoms. The SMILES string of the molecule is CC(CCCO)c1ccc(Cl)cc1. The van der Waals surface area contributed by atoms with E-state index in [0.29, 0.717) is 5.92 Å². The van der Waals surface area contributed by atoms with Crippen LogP contribution >= 0.6 is 11.6 Å². The highest BCUT2D eigenvalue weighted by Crippen LogP contribution is 2.21. The minimum atomic E-state index is 0.276. The molecular formula is C11H15ClO. The molecular weight excluding hydrogens is 184 g/mol. The smallest absolute Gasteiger partial charge is 0.0431 e. The molecule has 0 aromatic heterocycles. The summed E-state index contributed by atoms with van der Waals surface area (Å²) < 4.78 is 0. The van der Waals surface area contributed by atoms with Gasteiger partial charge in [0.1, 0.15) is 0 Å². The number of hydrogen-bond acceptors (Lipinski definition) is 1. The van der Waals surface area contributed by atoms with Gasteiger partial charge in [-0.25, -0.2) is 0 Å². The Labute approximate surface area is 84.4 Å². The molecule has 1 atom stereocenters. The summed E-state index contributed by atoms with van der Waals surface area (Å²) in [5.41, 5.74) is 1.29. The lowest BCUT2D eigenvalue weighted by molar-refractivity contribution is 0.281. The molecule has 0 saturated heterocycles. The van der Waals surface area contributed by atoms with Crippen LogP contribution in [0, 0.1) is 0 Å². The lowest BCUT2D eigenvalue weighted by Crippen LogP contribution is -1.94. The van der Waals surface area contributed by atoms with Crippen molar-refractivity contribution in [3.8, 4) is 0 Å². The molecule has 0 saturated carbocycles. The Morgan fingerprint density at radius 1 is 1.31 bits per heavy atom. The second-order valence-corrected chi connectivity index (χ2v) is 3.75. The van der Waals surface area contributed by atoms with Gasteiger partial charge in [-0.15, -0.1) is 0 Å². The third kappa shape index (κ3) is 3.37. The molecule has 0 amide bonds. The van der Waals surface area contributed by atoms with Crippen LogP contribution < -0.4 is 0 Å². The van der Waals surface area contributed by atoms with E-state index in [1.54, 1.807) is 0 Å². The maximum Gasteiger partial charge on any atom is 0.0431 e. The number of hydrogen-bond donors (Lipinski definition) is 1. The van der Waals surface area contributed by atoms with Crippen molar-refractivity contribution in [2.75, 3.05) is 6.61 Å². The molecule has 0 bridgehead atoms. The molecule has 0 fully saturated rings. The van der Waals surface area contributed by atoms with Gasteiger partial charge in [0, 0.05) is 11.6 Å². The molecule has 0 aliphatic rings. The van der Waals surface area contributed by atoms with Gasteiger partial charge in [-0.2, -0.15) is 0 Å². The van der Waals surface area contributed by atoms with Gasteiger partial charge < -0.3 is 5.11 Å². The van der Waals surface area contributed by atoms with Gasteiger partial charge in [-0.1, -0.05) is 30.7 Å². The van der Waals surface area contributed by atoms with E-state index in [4.69, 9.17) is 16.7 Å². The van der Waals surface area contributed by atoms with Crippen molar-refractivity contribution in [2.24, 2.45) is 0 Å². The van der Waals surface area contributed by atoms with Crippen LogP contribution in [0.3, 0.4) is 0 Å². The van der Waals surface area contributed by atoms with Crippen molar-refractivity contribution >= 4 is 11.6 Å². The third-order valence-electron chi connectivity index (χ3n) is 2.23. The molecule has 0 heterocycles. The lowest BCUT2D eigenvalue weighted by atomic mass is 9.97. The highest BCUT2D eigenvalue weighted by Gasteiger charge is 2.03. The van der Waals surface area contributed by atoms with Gasteiger partial charge in [0.25, 0.3) is 0 Å². The fourth-order valence-electron chi connectivity index (χ4n) is 1.36. The molecule has 1 nitrogen and oxygen atoms in total. The first-order valence-corrected chi connectivity index (χ1v) is 4.98. The average molecular weight is 199 g/mol. The Balaban J connectivity index is 2.55. The van der Waals surface area contributed by atoms with Crippen LogP contribution in [0.2, 0.25) is 5.02 Å². The van der Waals surface area contributed by atoms with Crippen LogP contribution in [0.25, 0.3) is 0 Å². The Morgan fingerprint density at radius 3 is 2.46 bits per heavy atom. The molecule has 1 rings (SSSR count). The summed E-state index contributed by atoms with van der Waals surface area (Å²) in [5.74, 6) is 0.504. The lowest BCUT2D eigenvalue weighted by Gasteiger charge is -2.10. The van der Waals surface area contributed by atoms with Gasteiger partial charge in [-0.3, -0.25) is 0 Å². The van der Waals surface area contributed by atoms with Gasteiger partial charge >= 0.3 is 0 Å². The topological polar surface area (TPSA) is 20.2 Å². The third-order valence-corrected chi connectivity index (χ3v) is 2.49. The van der Waals surface area contributed by atoms with Crippen molar-refractivity contribution in [2.45, 2.75) is 25.7 Å². The average Bonchev–Trinajstić information content (AvgIpc) is 2.15. The van der Waals surface area contributed by atoms with Crippen molar-refractivity contribution < 1.29 is 5.11 Å². The molecule has 0 aliphatic carbocycles. The van der Waals surface area contributed by atoms with Crippen LogP contribution in [0.5, 0.6) is 0 Å². The van der Waals surface area contributed by atoms with Gasteiger partial charge in [0.2, 0.25) is 0 Å². The summed E-state index contributed by atoms with van der Waals surface area (Å²) in [7, 11) is 0. The van der Waals surface area contributed by atoms with Crippen LogP contribution in [-0.4, -0.2) is 11.7 Å². The molecule has 1 aromatic carbocycles. The number of halogens is 1. The van der Waals surface area contributed by atoms with Crippen molar-refractivity contribution in [3.63, 3.8) is 0 Å². The standard InChI is InChI=1S/C11H15ClO/c1-9(3-2-8-13)10-4-6-11(12)7-5-10/h4-7,9,13H,2-3,8H2,1H3. The highest BCUT2D eigenvalue weighted by atomic mass is 35.5. The van der Waals surface area contributed by atoms with Crippen molar-refractivity contribution in [1.29, 1.82) is 0 Å². The maximum atomic E-state index is 8.69. The summed E-state index contributed by atoms with van der Waals surface area (Å²) in [6, 6.07) is 7.91. The van der Waals surface area contributed by atoms with Crippen molar-refractivity contribution in [1.82, 2.24) is 0 Å². The largest absolute Gasteiger partial charge is 0.396 e. The number of rotatable bonds is 4. The Hall–Kier alpha value is -0.530. The normalized spacial score (nSPS) is 12.8. The molecule has 1 N–H and O–H groups in total. The van der Waals surface area contributed by atoms with E-state index >= 15 is 0 Å². The van der Waals surface area contributed by atoms with Crippen LogP contribution in [0.1, 0.15) is 31.2 Å². The minimum Gasteiger partial charge on any atom is -0.396 e. The number of aliphatic hydroxyl groups excluding tert-OH is 1. The summed E-state index contributed by atoms with van der Waals surface area (Å²) in [6.07, 6.45) is 1.89. The quantitative estimate of drug-likeness (QED) is 0.788. The Kier molecular flexibility index (Phi) is 4.26. The van der Waals surface area contributed by atoms with Gasteiger partial charge in [0.05, 0.1) is 0 Å². The van der Waals surface area contributed by atoms with E-state index < -0.39 is 0 Å². The first-order valence-electron chi connectivity index (χ1n) is 4.60. The van der Waals surface area contributed by atoms with E-state index in [1.807, 2.05) is 24.3 Å². The van der Waals surface area contributed by atoms with E-state index in [1.165, 1.54) is 5.56 Å². The Bertz CT molecular complexity index is 243. The molecule has 1 unspecified atom stereocenters. The first kappa shape index (κ1) is 10.6. The zero-order valence-corrected chi connectivity index (χ0v) is 8.59. The summed E-state index contributed by atoms with van der Waals surface area (Å²) in [5, 5.41) is 9.46. The summed E-state index contributed by atoms with van der Waals surface area (Å²) >= 11 is 5.78. The predicted molar refractivity (Wildman–Crippen MR) is 56.2 cm³/mol. The zero-order valence-electron chi connectivity index (χ0n) is 7.83. The van der Waals surface area contributed by atoms with Crippen LogP contribution in [0.15, 0.2) is 24.3 Å². The first-order chi connectivity index (χ1) is 6.24. The second kappa shape index (κ2) is 5.25. The van der Waals surface area contributed by atoms with Crippen LogP contribution in [0.4, 0.5) is 0 Å². The summed E-state index contributed by atoms with van der Waals surface area (Å²) in [6.45, 7) is 2.44. The predicted octanol–water partition coefficient (Wildman–Crippen LogP) is 3.22. The molecule has 0 aliphatic heterocycles. The van der Waals surface area contributed by atoms with Crippen LogP contribution in [-0.2, 0) is 0 Å². The monoisotopic (exact) mass is 198 g/mol. The molecule has 13 heavy (non-hydrogen) atoms. The minimum absolute atomic E-state index is 0.276. The number of benzene rings is 1. The van der Waals surface area contributed by atoms with E-state index in [9.17, 15) is 0 Å². The van der Waals surface area contributed by atoms with Gasteiger partial charge in [-0.05, 0) is 36.5 Å². The fraction of sp³-hybridized carbons (Fsp3) is 0.455. The highest BCUT2D eigenvalue weighted by molar-refractivity contribution is 6.30. The Morgan fingerprint density at radius 2 is 1.92 bits per heavy atom. The molecule has 72 valence electrons. The maximum absolute atomic E-state index is 8.69. The van der Waals surface area contributed by atoms with E-state index in [2.05, 4.69) is 6.92 Å². The van der Waals surface area contributed by atoms with Crippen molar-refractivity contribution in [3.05, 3.63) is 34.9 Å². The summed E-state index contributed by atoms with van der Waals surface area (Å²) in [4.78, 5) is 0. The fourth-order valence-corrected chi connectivity index (χ4v) is 1.48. The second-order valence-electron chi connectivity index (χ2n) is 3.32. The number of aliphatic hydroxyl groups is 1. The molecule has 0 radical (unpaired) electrons. The molecule has 0 spiro atoms. The van der Waals surface area contributed by atoms with Gasteiger partial charge in [0.15, 0.2) is 0 Å².